The van der Waals surface area contributed by atoms with Crippen LogP contribution in [0.2, 0.25) is 0 Å². The average Bonchev–Trinajstić information content (AvgIpc) is 3.00. The van der Waals surface area contributed by atoms with Crippen LogP contribution in [-0.4, -0.2) is 75.6 Å². The molecule has 3 N–H and O–H groups in total. The number of nitrogens with zero attached hydrogens (tertiary/aromatic N) is 2. The highest BCUT2D eigenvalue weighted by molar-refractivity contribution is 14.0. The van der Waals surface area contributed by atoms with Gasteiger partial charge in [-0.05, 0) is 39.8 Å². The minimum atomic E-state index is 0. The Morgan fingerprint density at radius 3 is 2.67 bits per heavy atom. The molecule has 0 spiro atoms. The molecule has 0 aliphatic carbocycles. The maximum atomic E-state index is 9.29. The van der Waals surface area contributed by atoms with Gasteiger partial charge in [-0.1, -0.05) is 13.3 Å². The minimum absolute atomic E-state index is 0. The van der Waals surface area contributed by atoms with Crippen LogP contribution >= 0.6 is 24.0 Å². The molecule has 0 aromatic carbocycles. The van der Waals surface area contributed by atoms with Crippen molar-refractivity contribution >= 4 is 29.9 Å². The molecule has 6 nitrogen and oxygen atoms in total. The number of aliphatic hydroxyl groups excluding tert-OH is 1. The summed E-state index contributed by atoms with van der Waals surface area (Å²) in [5.74, 6) is 0.862. The summed E-state index contributed by atoms with van der Waals surface area (Å²) < 4.78 is 5.53. The number of nitrogens with one attached hydrogen (secondary N) is 2. The van der Waals surface area contributed by atoms with Crippen molar-refractivity contribution in [2.24, 2.45) is 10.4 Å². The quantitative estimate of drug-likeness (QED) is 0.251. The van der Waals surface area contributed by atoms with E-state index in [1.807, 2.05) is 0 Å². The standard InChI is InChI=1S/C17H36N4O2.HI/c1-4-6-10-21(3)11-9-19-16(18-5-2)20-14-17(7-12-22)8-13-23-15-17;/h22H,4-15H2,1-3H3,(H2,18,19,20);1H. The number of guanidine groups is 1. The second kappa shape index (κ2) is 14.1. The fraction of sp³-hybridized carbons (Fsp3) is 0.941. The van der Waals surface area contributed by atoms with Gasteiger partial charge >= 0.3 is 0 Å². The van der Waals surface area contributed by atoms with Gasteiger partial charge in [0.2, 0.25) is 0 Å². The zero-order chi connectivity index (χ0) is 17.0. The van der Waals surface area contributed by atoms with Gasteiger partial charge in [-0.25, -0.2) is 0 Å². The predicted molar refractivity (Wildman–Crippen MR) is 111 cm³/mol. The van der Waals surface area contributed by atoms with Gasteiger partial charge in [-0.15, -0.1) is 24.0 Å². The predicted octanol–water partition coefficient (Wildman–Crippen LogP) is 1.68. The number of aliphatic hydroxyl groups is 1. The van der Waals surface area contributed by atoms with Crippen LogP contribution in [-0.2, 0) is 4.74 Å². The SMILES string of the molecule is CCCCN(C)CCNC(=NCC1(CCO)CCOC1)NCC.I. The fourth-order valence-corrected chi connectivity index (χ4v) is 2.78. The van der Waals surface area contributed by atoms with E-state index < -0.39 is 0 Å². The van der Waals surface area contributed by atoms with Crippen LogP contribution in [0.25, 0.3) is 0 Å². The van der Waals surface area contributed by atoms with Crippen molar-refractivity contribution in [2.75, 3.05) is 59.6 Å². The van der Waals surface area contributed by atoms with Gasteiger partial charge in [0.05, 0.1) is 13.2 Å². The Hall–Kier alpha value is -0.120. The molecule has 0 aromatic heterocycles. The van der Waals surface area contributed by atoms with E-state index in [-0.39, 0.29) is 36.0 Å². The molecule has 24 heavy (non-hydrogen) atoms. The monoisotopic (exact) mass is 456 g/mol. The highest BCUT2D eigenvalue weighted by Crippen LogP contribution is 2.32. The van der Waals surface area contributed by atoms with Crippen LogP contribution in [0.15, 0.2) is 4.99 Å². The summed E-state index contributed by atoms with van der Waals surface area (Å²) >= 11 is 0. The number of unbranched alkanes of at least 4 members (excludes halogenated alkanes) is 1. The van der Waals surface area contributed by atoms with Gasteiger partial charge < -0.3 is 25.4 Å². The molecule has 1 saturated heterocycles. The summed E-state index contributed by atoms with van der Waals surface area (Å²) in [7, 11) is 2.16. The largest absolute Gasteiger partial charge is 0.396 e. The first-order chi connectivity index (χ1) is 11.2. The van der Waals surface area contributed by atoms with Crippen molar-refractivity contribution in [1.82, 2.24) is 15.5 Å². The lowest BCUT2D eigenvalue weighted by molar-refractivity contribution is 0.131. The van der Waals surface area contributed by atoms with Crippen molar-refractivity contribution in [2.45, 2.75) is 39.5 Å². The van der Waals surface area contributed by atoms with Gasteiger partial charge in [-0.2, -0.15) is 0 Å². The first-order valence-electron chi connectivity index (χ1n) is 9.05. The van der Waals surface area contributed by atoms with Gasteiger partial charge in [0.15, 0.2) is 5.96 Å². The van der Waals surface area contributed by atoms with Gasteiger partial charge in [-0.3, -0.25) is 4.99 Å². The molecule has 7 heteroatoms. The number of hydrogen-bond acceptors (Lipinski definition) is 4. The molecule has 144 valence electrons. The van der Waals surface area contributed by atoms with Crippen molar-refractivity contribution in [3.8, 4) is 0 Å². The van der Waals surface area contributed by atoms with Crippen LogP contribution in [0.5, 0.6) is 0 Å². The number of aliphatic imine (C=N–C) groups is 1. The molecule has 1 unspecified atom stereocenters. The van der Waals surface area contributed by atoms with Crippen molar-refractivity contribution in [3.63, 3.8) is 0 Å². The number of likely N-dealkylation sites (N-methyl/N-ethyl adjacent to an activating group) is 1. The minimum Gasteiger partial charge on any atom is -0.396 e. The smallest absolute Gasteiger partial charge is 0.191 e. The molecule has 0 amide bonds. The lowest BCUT2D eigenvalue weighted by Gasteiger charge is -2.25. The van der Waals surface area contributed by atoms with E-state index in [9.17, 15) is 5.11 Å². The third-order valence-corrected chi connectivity index (χ3v) is 4.42. The molecule has 0 saturated carbocycles. The number of ether oxygens (including phenoxy) is 1. The topological polar surface area (TPSA) is 69.1 Å². The number of hydrogen-bond donors (Lipinski definition) is 3. The molecule has 0 bridgehead atoms. The maximum Gasteiger partial charge on any atom is 0.191 e. The van der Waals surface area contributed by atoms with Gasteiger partial charge in [0, 0.05) is 38.3 Å². The van der Waals surface area contributed by atoms with Crippen LogP contribution in [0, 0.1) is 5.41 Å². The van der Waals surface area contributed by atoms with E-state index in [2.05, 4.69) is 36.4 Å². The number of halogens is 1. The third kappa shape index (κ3) is 9.39. The van der Waals surface area contributed by atoms with Crippen molar-refractivity contribution in [1.29, 1.82) is 0 Å². The zero-order valence-corrected chi connectivity index (χ0v) is 18.0. The highest BCUT2D eigenvalue weighted by Gasteiger charge is 2.34. The summed E-state index contributed by atoms with van der Waals surface area (Å²) in [6.45, 7) is 10.6. The summed E-state index contributed by atoms with van der Waals surface area (Å²) in [5.41, 5.74) is 0.00895. The summed E-state index contributed by atoms with van der Waals surface area (Å²) in [5, 5.41) is 16.0. The molecule has 1 atom stereocenters. The molecule has 1 rings (SSSR count). The van der Waals surface area contributed by atoms with E-state index >= 15 is 0 Å². The zero-order valence-electron chi connectivity index (χ0n) is 15.6. The van der Waals surface area contributed by atoms with E-state index in [4.69, 9.17) is 9.73 Å². The maximum absolute atomic E-state index is 9.29. The molecular formula is C17H37IN4O2. The normalized spacial score (nSPS) is 21.0. The Morgan fingerprint density at radius 1 is 1.29 bits per heavy atom. The van der Waals surface area contributed by atoms with Crippen LogP contribution in [0.1, 0.15) is 39.5 Å². The Morgan fingerprint density at radius 2 is 2.08 bits per heavy atom. The van der Waals surface area contributed by atoms with Crippen molar-refractivity contribution < 1.29 is 9.84 Å². The first-order valence-corrected chi connectivity index (χ1v) is 9.05. The Labute approximate surface area is 164 Å². The van der Waals surface area contributed by atoms with Crippen LogP contribution < -0.4 is 10.6 Å². The Bertz CT molecular complexity index is 337. The molecule has 1 heterocycles. The second-order valence-corrected chi connectivity index (χ2v) is 6.55. The fourth-order valence-electron chi connectivity index (χ4n) is 2.78. The Kier molecular flexibility index (Phi) is 14.0. The summed E-state index contributed by atoms with van der Waals surface area (Å²) in [4.78, 5) is 7.08. The molecule has 0 radical (unpaired) electrons. The first kappa shape index (κ1) is 23.9. The van der Waals surface area contributed by atoms with Gasteiger partial charge in [0.25, 0.3) is 0 Å². The van der Waals surface area contributed by atoms with Gasteiger partial charge in [0.1, 0.15) is 0 Å². The lowest BCUT2D eigenvalue weighted by atomic mass is 9.84. The summed E-state index contributed by atoms with van der Waals surface area (Å²) in [6.07, 6.45) is 4.22. The third-order valence-electron chi connectivity index (χ3n) is 4.42. The molecule has 1 aliphatic rings. The van der Waals surface area contributed by atoms with Crippen LogP contribution in [0.3, 0.4) is 0 Å². The molecule has 0 aromatic rings. The lowest BCUT2D eigenvalue weighted by Crippen LogP contribution is -2.42. The molecule has 1 aliphatic heterocycles. The number of rotatable bonds is 11. The highest BCUT2D eigenvalue weighted by atomic mass is 127. The van der Waals surface area contributed by atoms with E-state index in [1.165, 1.54) is 12.8 Å². The van der Waals surface area contributed by atoms with E-state index in [0.29, 0.717) is 13.2 Å². The molecule has 1 fully saturated rings. The second-order valence-electron chi connectivity index (χ2n) is 6.55. The van der Waals surface area contributed by atoms with Crippen molar-refractivity contribution in [3.05, 3.63) is 0 Å². The summed E-state index contributed by atoms with van der Waals surface area (Å²) in [6, 6.07) is 0. The average molecular weight is 456 g/mol. The van der Waals surface area contributed by atoms with E-state index in [1.54, 1.807) is 0 Å². The molecular weight excluding hydrogens is 419 g/mol. The van der Waals surface area contributed by atoms with Crippen LogP contribution in [0.4, 0.5) is 0 Å². The Balaban J connectivity index is 0.00000529. The van der Waals surface area contributed by atoms with E-state index in [0.717, 1.165) is 51.6 Å².